The third-order valence-electron chi connectivity index (χ3n) is 2.90. The van der Waals surface area contributed by atoms with Crippen LogP contribution < -0.4 is 10.6 Å². The minimum absolute atomic E-state index is 0.0276. The second kappa shape index (κ2) is 7.40. The Morgan fingerprint density at radius 2 is 1.76 bits per heavy atom. The van der Waals surface area contributed by atoms with Crippen LogP contribution in [0.3, 0.4) is 0 Å². The van der Waals surface area contributed by atoms with Crippen LogP contribution in [0.2, 0.25) is 0 Å². The number of nitrogens with one attached hydrogen (secondary N) is 2. The van der Waals surface area contributed by atoms with Crippen LogP contribution in [0, 0.1) is 5.82 Å². The number of amides is 1. The Bertz CT molecular complexity index is 599. The van der Waals surface area contributed by atoms with Crippen molar-refractivity contribution in [2.75, 3.05) is 30.9 Å². The Kier molecular flexibility index (Phi) is 5.29. The highest BCUT2D eigenvalue weighted by Gasteiger charge is 2.10. The number of hydrogen-bond acceptors (Lipinski definition) is 3. The standard InChI is InChI=1S/C16H17FN2O2/c1-21-11-10-18-12-6-8-13(9-7-12)19-16(20)14-4-2-3-5-15(14)17/h2-9,18H,10-11H2,1H3,(H,19,20). The molecule has 0 unspecified atom stereocenters. The van der Waals surface area contributed by atoms with Gasteiger partial charge in [0, 0.05) is 25.0 Å². The molecule has 4 nitrogen and oxygen atoms in total. The molecule has 5 heteroatoms. The Balaban J connectivity index is 1.97. The molecule has 0 aliphatic heterocycles. The smallest absolute Gasteiger partial charge is 0.258 e. The number of halogens is 1. The summed E-state index contributed by atoms with van der Waals surface area (Å²) in [6, 6.07) is 13.1. The van der Waals surface area contributed by atoms with Gasteiger partial charge in [0.05, 0.1) is 12.2 Å². The Morgan fingerprint density at radius 3 is 2.43 bits per heavy atom. The van der Waals surface area contributed by atoms with Gasteiger partial charge in [-0.2, -0.15) is 0 Å². The molecule has 0 aliphatic carbocycles. The van der Waals surface area contributed by atoms with Crippen LogP contribution in [-0.4, -0.2) is 26.2 Å². The van der Waals surface area contributed by atoms with Crippen LogP contribution in [0.5, 0.6) is 0 Å². The zero-order valence-corrected chi connectivity index (χ0v) is 11.7. The van der Waals surface area contributed by atoms with E-state index < -0.39 is 11.7 Å². The van der Waals surface area contributed by atoms with Gasteiger partial charge in [-0.3, -0.25) is 4.79 Å². The maximum atomic E-state index is 13.5. The molecule has 21 heavy (non-hydrogen) atoms. The van der Waals surface area contributed by atoms with Gasteiger partial charge in [0.15, 0.2) is 0 Å². The van der Waals surface area contributed by atoms with E-state index in [1.54, 1.807) is 31.4 Å². The molecule has 0 aromatic heterocycles. The molecule has 2 aromatic rings. The van der Waals surface area contributed by atoms with E-state index in [0.29, 0.717) is 18.8 Å². The van der Waals surface area contributed by atoms with Gasteiger partial charge in [-0.1, -0.05) is 12.1 Å². The third-order valence-corrected chi connectivity index (χ3v) is 2.90. The SMILES string of the molecule is COCCNc1ccc(NC(=O)c2ccccc2F)cc1. The highest BCUT2D eigenvalue weighted by atomic mass is 19.1. The van der Waals surface area contributed by atoms with Crippen LogP contribution >= 0.6 is 0 Å². The van der Waals surface area contributed by atoms with Gasteiger partial charge >= 0.3 is 0 Å². The second-order valence-corrected chi connectivity index (χ2v) is 4.43. The second-order valence-electron chi connectivity index (χ2n) is 4.43. The fourth-order valence-electron chi connectivity index (χ4n) is 1.81. The molecule has 0 spiro atoms. The average molecular weight is 288 g/mol. The number of anilines is 2. The summed E-state index contributed by atoms with van der Waals surface area (Å²) < 4.78 is 18.4. The Labute approximate surface area is 122 Å². The Morgan fingerprint density at radius 1 is 1.10 bits per heavy atom. The number of methoxy groups -OCH3 is 1. The molecule has 0 heterocycles. The number of ether oxygens (including phenoxy) is 1. The van der Waals surface area contributed by atoms with E-state index in [2.05, 4.69) is 10.6 Å². The van der Waals surface area contributed by atoms with E-state index in [0.717, 1.165) is 5.69 Å². The van der Waals surface area contributed by atoms with Gasteiger partial charge in [0.1, 0.15) is 5.82 Å². The molecular formula is C16H17FN2O2. The first kappa shape index (κ1) is 15.0. The lowest BCUT2D eigenvalue weighted by atomic mass is 10.2. The molecule has 110 valence electrons. The lowest BCUT2D eigenvalue weighted by molar-refractivity contribution is 0.102. The zero-order chi connectivity index (χ0) is 15.1. The van der Waals surface area contributed by atoms with Crippen molar-refractivity contribution in [2.45, 2.75) is 0 Å². The molecule has 0 saturated heterocycles. The molecule has 1 amide bonds. The van der Waals surface area contributed by atoms with Crippen LogP contribution in [0.25, 0.3) is 0 Å². The molecule has 0 radical (unpaired) electrons. The minimum Gasteiger partial charge on any atom is -0.383 e. The van der Waals surface area contributed by atoms with Gasteiger partial charge in [-0.15, -0.1) is 0 Å². The van der Waals surface area contributed by atoms with Crippen LogP contribution in [0.4, 0.5) is 15.8 Å². The number of carbonyl (C=O) groups is 1. The lowest BCUT2D eigenvalue weighted by Gasteiger charge is -2.08. The first-order valence-electron chi connectivity index (χ1n) is 6.59. The molecular weight excluding hydrogens is 271 g/mol. The summed E-state index contributed by atoms with van der Waals surface area (Å²) in [5.41, 5.74) is 1.57. The Hall–Kier alpha value is -2.40. The molecule has 0 bridgehead atoms. The normalized spacial score (nSPS) is 10.2. The van der Waals surface area contributed by atoms with E-state index in [-0.39, 0.29) is 5.56 Å². The zero-order valence-electron chi connectivity index (χ0n) is 11.7. The summed E-state index contributed by atoms with van der Waals surface area (Å²) in [5.74, 6) is -0.999. The van der Waals surface area contributed by atoms with Crippen molar-refractivity contribution in [2.24, 2.45) is 0 Å². The van der Waals surface area contributed by atoms with Crippen LogP contribution in [0.15, 0.2) is 48.5 Å². The monoisotopic (exact) mass is 288 g/mol. The van der Waals surface area contributed by atoms with Crippen molar-refractivity contribution in [3.05, 3.63) is 59.9 Å². The summed E-state index contributed by atoms with van der Waals surface area (Å²) >= 11 is 0. The predicted octanol–water partition coefficient (Wildman–Crippen LogP) is 3.14. The predicted molar refractivity (Wildman–Crippen MR) is 81.2 cm³/mol. The fourth-order valence-corrected chi connectivity index (χ4v) is 1.81. The summed E-state index contributed by atoms with van der Waals surface area (Å²) in [6.45, 7) is 1.32. The molecule has 2 rings (SSSR count). The van der Waals surface area contributed by atoms with Crippen molar-refractivity contribution in [3.63, 3.8) is 0 Å². The van der Waals surface area contributed by atoms with E-state index in [9.17, 15) is 9.18 Å². The van der Waals surface area contributed by atoms with E-state index in [4.69, 9.17) is 4.74 Å². The maximum Gasteiger partial charge on any atom is 0.258 e. The van der Waals surface area contributed by atoms with Gasteiger partial charge in [-0.25, -0.2) is 4.39 Å². The van der Waals surface area contributed by atoms with E-state index in [1.807, 2.05) is 12.1 Å². The minimum atomic E-state index is -0.534. The highest BCUT2D eigenvalue weighted by Crippen LogP contribution is 2.15. The molecule has 0 saturated carbocycles. The van der Waals surface area contributed by atoms with Crippen molar-refractivity contribution in [1.29, 1.82) is 0 Å². The summed E-state index contributed by atoms with van der Waals surface area (Å²) in [5, 5.41) is 5.83. The van der Waals surface area contributed by atoms with Gasteiger partial charge in [0.25, 0.3) is 5.91 Å². The maximum absolute atomic E-state index is 13.5. The molecule has 2 aromatic carbocycles. The van der Waals surface area contributed by atoms with Crippen LogP contribution in [-0.2, 0) is 4.74 Å². The number of carbonyl (C=O) groups excluding carboxylic acids is 1. The largest absolute Gasteiger partial charge is 0.383 e. The third kappa shape index (κ3) is 4.29. The first-order chi connectivity index (χ1) is 10.2. The molecule has 2 N–H and O–H groups in total. The summed E-state index contributed by atoms with van der Waals surface area (Å²) in [7, 11) is 1.64. The van der Waals surface area contributed by atoms with Crippen molar-refractivity contribution in [1.82, 2.24) is 0 Å². The van der Waals surface area contributed by atoms with Gasteiger partial charge < -0.3 is 15.4 Å². The van der Waals surface area contributed by atoms with Crippen molar-refractivity contribution in [3.8, 4) is 0 Å². The molecule has 0 fully saturated rings. The number of benzene rings is 2. The topological polar surface area (TPSA) is 50.4 Å². The molecule has 0 atom stereocenters. The quantitative estimate of drug-likeness (QED) is 0.803. The van der Waals surface area contributed by atoms with Crippen molar-refractivity contribution < 1.29 is 13.9 Å². The number of rotatable bonds is 6. The lowest BCUT2D eigenvalue weighted by Crippen LogP contribution is -2.13. The molecule has 0 aliphatic rings. The van der Waals surface area contributed by atoms with Gasteiger partial charge in [0.2, 0.25) is 0 Å². The summed E-state index contributed by atoms with van der Waals surface area (Å²) in [6.07, 6.45) is 0. The van der Waals surface area contributed by atoms with E-state index >= 15 is 0 Å². The van der Waals surface area contributed by atoms with Gasteiger partial charge in [-0.05, 0) is 36.4 Å². The first-order valence-corrected chi connectivity index (χ1v) is 6.59. The fraction of sp³-hybridized carbons (Fsp3) is 0.188. The summed E-state index contributed by atoms with van der Waals surface area (Å²) in [4.78, 5) is 11.9. The van der Waals surface area contributed by atoms with Crippen molar-refractivity contribution >= 4 is 17.3 Å². The number of hydrogen-bond donors (Lipinski definition) is 2. The average Bonchev–Trinajstić information content (AvgIpc) is 2.49. The van der Waals surface area contributed by atoms with E-state index in [1.165, 1.54) is 12.1 Å². The van der Waals surface area contributed by atoms with Crippen LogP contribution in [0.1, 0.15) is 10.4 Å². The highest BCUT2D eigenvalue weighted by molar-refractivity contribution is 6.04.